The molecular weight excluding hydrogens is 332 g/mol. The second-order valence-electron chi connectivity index (χ2n) is 4.86. The molecule has 1 heterocycles. The minimum atomic E-state index is -0.536. The van der Waals surface area contributed by atoms with Crippen LogP contribution >= 0.6 is 11.6 Å². The van der Waals surface area contributed by atoms with Crippen LogP contribution < -0.4 is 21.1 Å². The predicted molar refractivity (Wildman–Crippen MR) is 92.5 cm³/mol. The Morgan fingerprint density at radius 2 is 2.08 bits per heavy atom. The first-order valence-corrected chi connectivity index (χ1v) is 7.50. The standard InChI is InChI=1S/C16H17ClN4O3/c1-24-13-3-2-11(17)9-12(13)21-15(22)5-7-20-14-8-10(16(18)23)4-6-19-14/h2-4,6,8-9H,5,7H2,1H3,(H2,18,23)(H,19,20)(H,21,22). The van der Waals surface area contributed by atoms with E-state index in [1.165, 1.54) is 25.4 Å². The largest absolute Gasteiger partial charge is 0.495 e. The molecule has 0 atom stereocenters. The van der Waals surface area contributed by atoms with Crippen LogP contribution in [-0.4, -0.2) is 30.5 Å². The van der Waals surface area contributed by atoms with Crippen LogP contribution in [0.1, 0.15) is 16.8 Å². The number of halogens is 1. The maximum atomic E-state index is 12.0. The minimum absolute atomic E-state index is 0.193. The number of aromatic nitrogens is 1. The maximum absolute atomic E-state index is 12.0. The molecule has 0 spiro atoms. The van der Waals surface area contributed by atoms with Gasteiger partial charge in [-0.25, -0.2) is 4.98 Å². The molecule has 0 fully saturated rings. The first kappa shape index (κ1) is 17.6. The molecular formula is C16H17ClN4O3. The second-order valence-corrected chi connectivity index (χ2v) is 5.30. The first-order valence-electron chi connectivity index (χ1n) is 7.12. The average Bonchev–Trinajstić information content (AvgIpc) is 2.55. The summed E-state index contributed by atoms with van der Waals surface area (Å²) >= 11 is 5.92. The van der Waals surface area contributed by atoms with E-state index in [2.05, 4.69) is 15.6 Å². The van der Waals surface area contributed by atoms with Crippen molar-refractivity contribution in [3.63, 3.8) is 0 Å². The topological polar surface area (TPSA) is 106 Å². The van der Waals surface area contributed by atoms with Crippen LogP contribution in [-0.2, 0) is 4.79 Å². The van der Waals surface area contributed by atoms with Crippen LogP contribution in [0, 0.1) is 0 Å². The van der Waals surface area contributed by atoms with E-state index in [-0.39, 0.29) is 12.3 Å². The van der Waals surface area contributed by atoms with E-state index in [9.17, 15) is 9.59 Å². The zero-order chi connectivity index (χ0) is 17.5. The molecule has 2 rings (SSSR count). The van der Waals surface area contributed by atoms with E-state index in [4.69, 9.17) is 22.1 Å². The maximum Gasteiger partial charge on any atom is 0.248 e. The van der Waals surface area contributed by atoms with Crippen LogP contribution in [0.25, 0.3) is 0 Å². The normalized spacial score (nSPS) is 10.1. The lowest BCUT2D eigenvalue weighted by atomic mass is 10.2. The van der Waals surface area contributed by atoms with E-state index >= 15 is 0 Å². The number of ether oxygens (including phenoxy) is 1. The Balaban J connectivity index is 1.89. The zero-order valence-corrected chi connectivity index (χ0v) is 13.8. The Morgan fingerprint density at radius 3 is 2.79 bits per heavy atom. The third-order valence-electron chi connectivity index (χ3n) is 3.14. The highest BCUT2D eigenvalue weighted by atomic mass is 35.5. The van der Waals surface area contributed by atoms with E-state index in [0.29, 0.717) is 34.4 Å². The molecule has 24 heavy (non-hydrogen) atoms. The fraction of sp³-hybridized carbons (Fsp3) is 0.188. The van der Waals surface area contributed by atoms with Crippen molar-refractivity contribution < 1.29 is 14.3 Å². The Bertz CT molecular complexity index is 752. The number of rotatable bonds is 7. The Morgan fingerprint density at radius 1 is 1.29 bits per heavy atom. The number of carbonyl (C=O) groups is 2. The molecule has 0 aliphatic heterocycles. The highest BCUT2D eigenvalue weighted by Gasteiger charge is 2.09. The van der Waals surface area contributed by atoms with Gasteiger partial charge in [-0.1, -0.05) is 11.6 Å². The van der Waals surface area contributed by atoms with Gasteiger partial charge in [0.25, 0.3) is 0 Å². The van der Waals surface area contributed by atoms with Gasteiger partial charge < -0.3 is 21.1 Å². The van der Waals surface area contributed by atoms with E-state index in [1.807, 2.05) is 0 Å². The zero-order valence-electron chi connectivity index (χ0n) is 13.0. The van der Waals surface area contributed by atoms with Gasteiger partial charge in [-0.3, -0.25) is 9.59 Å². The number of anilines is 2. The molecule has 2 amide bonds. The van der Waals surface area contributed by atoms with Gasteiger partial charge in [0.2, 0.25) is 11.8 Å². The molecule has 4 N–H and O–H groups in total. The molecule has 0 bridgehead atoms. The van der Waals surface area contributed by atoms with E-state index in [1.54, 1.807) is 18.2 Å². The number of pyridine rings is 1. The van der Waals surface area contributed by atoms with Gasteiger partial charge in [-0.2, -0.15) is 0 Å². The summed E-state index contributed by atoms with van der Waals surface area (Å²) in [5, 5.41) is 6.19. The summed E-state index contributed by atoms with van der Waals surface area (Å²) in [6.07, 6.45) is 1.66. The molecule has 0 radical (unpaired) electrons. The molecule has 1 aromatic heterocycles. The fourth-order valence-corrected chi connectivity index (χ4v) is 2.15. The van der Waals surface area contributed by atoms with Crippen molar-refractivity contribution in [2.45, 2.75) is 6.42 Å². The SMILES string of the molecule is COc1ccc(Cl)cc1NC(=O)CCNc1cc(C(N)=O)ccn1. The van der Waals surface area contributed by atoms with Crippen molar-refractivity contribution >= 4 is 34.9 Å². The van der Waals surface area contributed by atoms with E-state index in [0.717, 1.165) is 0 Å². The molecule has 0 aliphatic carbocycles. The van der Waals surface area contributed by atoms with Crippen molar-refractivity contribution in [3.8, 4) is 5.75 Å². The smallest absolute Gasteiger partial charge is 0.248 e. The van der Waals surface area contributed by atoms with E-state index < -0.39 is 5.91 Å². The second kappa shape index (κ2) is 8.16. The number of benzene rings is 1. The number of carbonyl (C=O) groups excluding carboxylic acids is 2. The Kier molecular flexibility index (Phi) is 5.97. The van der Waals surface area contributed by atoms with Crippen molar-refractivity contribution in [1.82, 2.24) is 4.98 Å². The molecule has 0 saturated carbocycles. The summed E-state index contributed by atoms with van der Waals surface area (Å²) in [5.74, 6) is 0.247. The van der Waals surface area contributed by atoms with Crippen molar-refractivity contribution in [2.75, 3.05) is 24.3 Å². The number of hydrogen-bond donors (Lipinski definition) is 3. The lowest BCUT2D eigenvalue weighted by Gasteiger charge is -2.11. The molecule has 0 saturated heterocycles. The minimum Gasteiger partial charge on any atom is -0.495 e. The molecule has 0 unspecified atom stereocenters. The number of nitrogens with two attached hydrogens (primary N) is 1. The van der Waals surface area contributed by atoms with Crippen LogP contribution in [0.15, 0.2) is 36.5 Å². The van der Waals surface area contributed by atoms with Gasteiger partial charge in [0.15, 0.2) is 0 Å². The fourth-order valence-electron chi connectivity index (χ4n) is 1.98. The number of methoxy groups -OCH3 is 1. The van der Waals surface area contributed by atoms with Crippen molar-refractivity contribution in [1.29, 1.82) is 0 Å². The summed E-state index contributed by atoms with van der Waals surface area (Å²) in [6.45, 7) is 0.337. The van der Waals surface area contributed by atoms with Gasteiger partial charge in [-0.15, -0.1) is 0 Å². The quantitative estimate of drug-likeness (QED) is 0.711. The van der Waals surface area contributed by atoms with Crippen LogP contribution in [0.5, 0.6) is 5.75 Å². The summed E-state index contributed by atoms with van der Waals surface area (Å²) < 4.78 is 5.17. The highest BCUT2D eigenvalue weighted by Crippen LogP contribution is 2.27. The number of hydrogen-bond acceptors (Lipinski definition) is 5. The van der Waals surface area contributed by atoms with Crippen molar-refractivity contribution in [2.24, 2.45) is 5.73 Å². The number of nitrogens with zero attached hydrogens (tertiary/aromatic N) is 1. The molecule has 0 aliphatic rings. The summed E-state index contributed by atoms with van der Waals surface area (Å²) in [6, 6.07) is 8.01. The molecule has 1 aromatic carbocycles. The number of amides is 2. The first-order chi connectivity index (χ1) is 11.5. The van der Waals surface area contributed by atoms with Gasteiger partial charge in [0, 0.05) is 29.7 Å². The van der Waals surface area contributed by atoms with Crippen LogP contribution in [0.2, 0.25) is 5.02 Å². The molecule has 8 heteroatoms. The van der Waals surface area contributed by atoms with Crippen LogP contribution in [0.3, 0.4) is 0 Å². The average molecular weight is 349 g/mol. The third-order valence-corrected chi connectivity index (χ3v) is 3.37. The van der Waals surface area contributed by atoms with Gasteiger partial charge in [-0.05, 0) is 30.3 Å². The van der Waals surface area contributed by atoms with Gasteiger partial charge in [0.1, 0.15) is 11.6 Å². The third kappa shape index (κ3) is 4.85. The van der Waals surface area contributed by atoms with Crippen molar-refractivity contribution in [3.05, 3.63) is 47.1 Å². The predicted octanol–water partition coefficient (Wildman–Crippen LogP) is 2.28. The van der Waals surface area contributed by atoms with Gasteiger partial charge >= 0.3 is 0 Å². The monoisotopic (exact) mass is 348 g/mol. The number of nitrogens with one attached hydrogen (secondary N) is 2. The lowest BCUT2D eigenvalue weighted by Crippen LogP contribution is -2.17. The lowest BCUT2D eigenvalue weighted by molar-refractivity contribution is -0.116. The number of primary amides is 1. The summed E-state index contributed by atoms with van der Waals surface area (Å²) in [5.41, 5.74) is 6.06. The molecule has 126 valence electrons. The van der Waals surface area contributed by atoms with Crippen LogP contribution in [0.4, 0.5) is 11.5 Å². The molecule has 2 aromatic rings. The summed E-state index contributed by atoms with van der Waals surface area (Å²) in [7, 11) is 1.51. The summed E-state index contributed by atoms with van der Waals surface area (Å²) in [4.78, 5) is 27.2. The molecule has 7 nitrogen and oxygen atoms in total. The Hall–Kier alpha value is -2.80. The Labute approximate surface area is 144 Å². The van der Waals surface area contributed by atoms with Gasteiger partial charge in [0.05, 0.1) is 12.8 Å². The highest BCUT2D eigenvalue weighted by molar-refractivity contribution is 6.31.